The second-order valence-corrected chi connectivity index (χ2v) is 4.74. The Labute approximate surface area is 129 Å². The molecule has 1 amide bonds. The number of hydrogen-bond acceptors (Lipinski definition) is 7. The van der Waals surface area contributed by atoms with Crippen LogP contribution in [0.5, 0.6) is 0 Å². The zero-order valence-electron chi connectivity index (χ0n) is 10.0. The number of rotatable bonds is 3. The van der Waals surface area contributed by atoms with Crippen molar-refractivity contribution in [2.24, 2.45) is 0 Å². The van der Waals surface area contributed by atoms with Gasteiger partial charge in [0.05, 0.1) is 13.0 Å². The van der Waals surface area contributed by atoms with Crippen molar-refractivity contribution in [3.63, 3.8) is 0 Å². The van der Waals surface area contributed by atoms with Crippen LogP contribution in [0.2, 0.25) is 0 Å². The van der Waals surface area contributed by atoms with Crippen LogP contribution in [-0.4, -0.2) is 46.7 Å². The van der Waals surface area contributed by atoms with Crippen LogP contribution >= 0.6 is 11.8 Å². The predicted octanol–water partition coefficient (Wildman–Crippen LogP) is -4.72. The maximum absolute atomic E-state index is 11.8. The smallest absolute Gasteiger partial charge is 0.544 e. The minimum atomic E-state index is -2.10. The minimum Gasteiger partial charge on any atom is -0.544 e. The van der Waals surface area contributed by atoms with Crippen molar-refractivity contribution >= 4 is 29.6 Å². The van der Waals surface area contributed by atoms with Crippen LogP contribution in [0.1, 0.15) is 12.8 Å². The van der Waals surface area contributed by atoms with E-state index in [9.17, 15) is 19.5 Å². The second-order valence-electron chi connectivity index (χ2n) is 3.70. The molecule has 0 aliphatic carbocycles. The van der Waals surface area contributed by atoms with Crippen LogP contribution in [0.15, 0.2) is 0 Å². The molecule has 9 heteroatoms. The summed E-state index contributed by atoms with van der Waals surface area (Å²) in [4.78, 5) is 39.1. The van der Waals surface area contributed by atoms with Crippen LogP contribution in [0, 0.1) is 0 Å². The van der Waals surface area contributed by atoms with E-state index in [-0.39, 0.29) is 49.0 Å². The summed E-state index contributed by atoms with van der Waals surface area (Å²) in [6.07, 6.45) is 1.48. The molecule has 2 fully saturated rings. The molecule has 0 radical (unpaired) electrons. The number of carbonyl (C=O) groups is 3. The van der Waals surface area contributed by atoms with Crippen molar-refractivity contribution in [1.82, 2.24) is 5.06 Å². The predicted molar refractivity (Wildman–Crippen MR) is 53.2 cm³/mol. The molecule has 7 nitrogen and oxygen atoms in total. The third-order valence-corrected chi connectivity index (χ3v) is 3.62. The van der Waals surface area contributed by atoms with E-state index >= 15 is 0 Å². The van der Waals surface area contributed by atoms with Crippen molar-refractivity contribution in [1.29, 1.82) is 0 Å². The molecule has 0 saturated carbocycles. The third kappa shape index (κ3) is 2.39. The van der Waals surface area contributed by atoms with Gasteiger partial charge >= 0.3 is 35.5 Å². The van der Waals surface area contributed by atoms with Crippen LogP contribution < -0.4 is 34.7 Å². The molecule has 0 spiro atoms. The van der Waals surface area contributed by atoms with Gasteiger partial charge in [-0.05, 0) is 6.26 Å². The van der Waals surface area contributed by atoms with Crippen LogP contribution in [0.25, 0.3) is 0 Å². The topological polar surface area (TPSA) is 96.0 Å². The molecular weight excluding hydrogens is 273 g/mol. The van der Waals surface area contributed by atoms with Gasteiger partial charge in [-0.3, -0.25) is 14.4 Å². The number of carboxylic acids is 1. The van der Waals surface area contributed by atoms with Gasteiger partial charge in [0, 0.05) is 6.42 Å². The number of ether oxygens (including phenoxy) is 1. The normalized spacial score (nSPS) is 31.2. The molecule has 0 bridgehead atoms. The monoisotopic (exact) mass is 283 g/mol. The fraction of sp³-hybridized carbons (Fsp3) is 0.667. The number of cyclic esters (lactones) is 1. The van der Waals surface area contributed by atoms with Crippen molar-refractivity contribution in [3.8, 4) is 0 Å². The van der Waals surface area contributed by atoms with E-state index in [1.807, 2.05) is 0 Å². The maximum atomic E-state index is 11.8. The van der Waals surface area contributed by atoms with E-state index < -0.39 is 28.8 Å². The Morgan fingerprint density at radius 2 is 2.22 bits per heavy atom. The van der Waals surface area contributed by atoms with Crippen LogP contribution in [0.4, 0.5) is 0 Å². The molecule has 0 N–H and O–H groups in total. The maximum Gasteiger partial charge on any atom is 1.00 e. The van der Waals surface area contributed by atoms with E-state index in [0.29, 0.717) is 5.06 Å². The summed E-state index contributed by atoms with van der Waals surface area (Å²) in [7, 11) is 0. The molecule has 2 heterocycles. The van der Waals surface area contributed by atoms with Gasteiger partial charge in [-0.1, -0.05) is 0 Å². The van der Waals surface area contributed by atoms with Gasteiger partial charge in [-0.15, -0.1) is 11.8 Å². The summed E-state index contributed by atoms with van der Waals surface area (Å²) >= 11 is 1.24. The van der Waals surface area contributed by atoms with Crippen molar-refractivity contribution < 1.29 is 58.6 Å². The van der Waals surface area contributed by atoms with E-state index in [2.05, 4.69) is 0 Å². The Bertz CT molecular complexity index is 391. The zero-order valence-corrected chi connectivity index (χ0v) is 12.8. The van der Waals surface area contributed by atoms with Gasteiger partial charge in [0.1, 0.15) is 11.2 Å². The average molecular weight is 283 g/mol. The van der Waals surface area contributed by atoms with Gasteiger partial charge < -0.3 is 14.6 Å². The number of carbonyl (C=O) groups excluding carboxylic acids is 3. The van der Waals surface area contributed by atoms with E-state index in [1.54, 1.807) is 6.26 Å². The molecule has 0 aromatic carbocycles. The molecule has 2 saturated heterocycles. The summed E-state index contributed by atoms with van der Waals surface area (Å²) in [6, 6.07) is 0. The Morgan fingerprint density at radius 3 is 2.61 bits per heavy atom. The summed E-state index contributed by atoms with van der Waals surface area (Å²) in [5, 5.41) is 11.3. The third-order valence-electron chi connectivity index (χ3n) is 2.71. The number of esters is 1. The first-order chi connectivity index (χ1) is 8.01. The van der Waals surface area contributed by atoms with Gasteiger partial charge in [0.25, 0.3) is 11.6 Å². The number of nitrogens with zero attached hydrogens (tertiary/aromatic N) is 1. The molecule has 0 aromatic heterocycles. The average Bonchev–Trinajstić information content (AvgIpc) is 2.83. The van der Waals surface area contributed by atoms with Crippen LogP contribution in [0.3, 0.4) is 0 Å². The van der Waals surface area contributed by atoms with Crippen molar-refractivity contribution in [2.45, 2.75) is 23.8 Å². The van der Waals surface area contributed by atoms with Gasteiger partial charge in [0.2, 0.25) is 0 Å². The van der Waals surface area contributed by atoms with E-state index in [4.69, 9.17) is 9.57 Å². The molecular formula is C9H10NNaO6S. The van der Waals surface area contributed by atoms with Gasteiger partial charge in [0.15, 0.2) is 0 Å². The summed E-state index contributed by atoms with van der Waals surface area (Å²) in [6.45, 7) is 0.0621. The molecule has 2 aliphatic heterocycles. The molecule has 2 aliphatic rings. The summed E-state index contributed by atoms with van der Waals surface area (Å²) < 4.78 is 4.73. The number of aliphatic carboxylic acids is 1. The number of amides is 1. The number of thioether (sulfide) groups is 1. The van der Waals surface area contributed by atoms with Crippen molar-refractivity contribution in [3.05, 3.63) is 0 Å². The van der Waals surface area contributed by atoms with Crippen LogP contribution in [-0.2, 0) is 24.0 Å². The molecule has 94 valence electrons. The largest absolute Gasteiger partial charge is 1.00 e. The fourth-order valence-corrected chi connectivity index (χ4v) is 2.28. The first-order valence-electron chi connectivity index (χ1n) is 4.94. The SMILES string of the molecule is CS[C@H]1CON(C2(C(=O)[O-])CCC(=O)O2)C1=O.[Na+]. The second kappa shape index (κ2) is 5.79. The number of hydroxylamine groups is 2. The Kier molecular flexibility index (Phi) is 5.07. The molecule has 2 atom stereocenters. The van der Waals surface area contributed by atoms with Crippen molar-refractivity contribution in [2.75, 3.05) is 12.9 Å². The van der Waals surface area contributed by atoms with E-state index in [0.717, 1.165) is 0 Å². The first kappa shape index (κ1) is 15.8. The van der Waals surface area contributed by atoms with Gasteiger partial charge in [-0.25, -0.2) is 0 Å². The summed E-state index contributed by atoms with van der Waals surface area (Å²) in [5.41, 5.74) is -2.10. The fourth-order valence-electron chi connectivity index (χ4n) is 1.79. The Morgan fingerprint density at radius 1 is 1.56 bits per heavy atom. The minimum absolute atomic E-state index is 0. The Hall–Kier alpha value is -0.280. The summed E-state index contributed by atoms with van der Waals surface area (Å²) in [5.74, 6) is -2.84. The zero-order chi connectivity index (χ0) is 12.6. The number of hydrogen-bond donors (Lipinski definition) is 0. The number of carboxylic acid groups (broad SMARTS) is 1. The molecule has 2 rings (SSSR count). The molecule has 0 aromatic rings. The Balaban J connectivity index is 0.00000162. The first-order valence-corrected chi connectivity index (χ1v) is 6.23. The standard InChI is InChI=1S/C9H11NO6S.Na/c1-17-5-4-15-10(7(5)12)9(8(13)14)3-2-6(11)16-9;/h5H,2-4H2,1H3,(H,13,14);/q;+1/p-1/t5-,9?;/m0./s1. The molecule has 18 heavy (non-hydrogen) atoms. The van der Waals surface area contributed by atoms with Gasteiger partial charge in [-0.2, -0.15) is 5.06 Å². The quantitative estimate of drug-likeness (QED) is 0.379. The van der Waals surface area contributed by atoms with E-state index in [1.165, 1.54) is 11.8 Å². The molecule has 1 unspecified atom stereocenters.